The molecule has 0 saturated heterocycles. The smallest absolute Gasteiger partial charge is 0.260 e. The van der Waals surface area contributed by atoms with Crippen molar-refractivity contribution in [1.82, 2.24) is 5.16 Å². The number of phenolic OH excluding ortho intramolecular Hbond substituents is 1. The monoisotopic (exact) mass is 518 g/mol. The number of para-hydroxylation sites is 1. The molecule has 9 heteroatoms. The van der Waals surface area contributed by atoms with Crippen LogP contribution in [0.25, 0.3) is 33.6 Å². The van der Waals surface area contributed by atoms with Gasteiger partial charge in [0.05, 0.1) is 35.6 Å². The molecule has 3 N–H and O–H groups in total. The summed E-state index contributed by atoms with van der Waals surface area (Å²) in [7, 11) is 1.50. The lowest BCUT2D eigenvalue weighted by Gasteiger charge is -2.11. The van der Waals surface area contributed by atoms with Crippen molar-refractivity contribution in [3.8, 4) is 39.6 Å². The van der Waals surface area contributed by atoms with Gasteiger partial charge in [0, 0.05) is 16.7 Å². The number of ether oxygens (including phenoxy) is 2. The molecule has 1 aliphatic rings. The van der Waals surface area contributed by atoms with Crippen molar-refractivity contribution < 1.29 is 29.0 Å². The Morgan fingerprint density at radius 2 is 1.73 bits per heavy atom. The third kappa shape index (κ3) is 4.47. The normalized spacial score (nSPS) is 13.9. The van der Waals surface area contributed by atoms with Gasteiger partial charge in [0.2, 0.25) is 5.76 Å². The van der Waals surface area contributed by atoms with Crippen LogP contribution in [0.3, 0.4) is 0 Å². The van der Waals surface area contributed by atoms with Crippen molar-refractivity contribution in [3.63, 3.8) is 0 Å². The zero-order chi connectivity index (χ0) is 26.3. The third-order valence-corrected chi connectivity index (χ3v) is 6.21. The van der Waals surface area contributed by atoms with Gasteiger partial charge in [-0.05, 0) is 48.3 Å². The summed E-state index contributed by atoms with van der Waals surface area (Å²) in [6.45, 7) is 3.68. The van der Waals surface area contributed by atoms with E-state index in [2.05, 4.69) is 10.5 Å². The number of carbonyl (C=O) groups is 1. The van der Waals surface area contributed by atoms with Gasteiger partial charge in [-0.25, -0.2) is 0 Å². The lowest BCUT2D eigenvalue weighted by Crippen LogP contribution is -2.06. The molecule has 5 rings (SSSR count). The minimum Gasteiger partial charge on any atom is -0.504 e. The summed E-state index contributed by atoms with van der Waals surface area (Å²) in [6, 6.07) is 17.5. The number of halogens is 1. The Morgan fingerprint density at radius 3 is 2.41 bits per heavy atom. The number of nitrogens with one attached hydrogen (secondary N) is 1. The Labute approximate surface area is 217 Å². The molecule has 1 aliphatic heterocycles. The topological polar surface area (TPSA) is 114 Å². The summed E-state index contributed by atoms with van der Waals surface area (Å²) in [5.74, 6) is -0.208. The van der Waals surface area contributed by atoms with E-state index in [1.54, 1.807) is 30.3 Å². The van der Waals surface area contributed by atoms with Crippen LogP contribution in [0.4, 0.5) is 5.69 Å². The van der Waals surface area contributed by atoms with E-state index in [-0.39, 0.29) is 34.8 Å². The largest absolute Gasteiger partial charge is 0.504 e. The van der Waals surface area contributed by atoms with E-state index < -0.39 is 5.91 Å². The molecule has 0 bridgehead atoms. The molecular formula is C28H23ClN2O6. The Kier molecular flexibility index (Phi) is 6.27. The molecule has 37 heavy (non-hydrogen) atoms. The number of phenols is 1. The van der Waals surface area contributed by atoms with Gasteiger partial charge in [0.25, 0.3) is 11.8 Å². The first-order chi connectivity index (χ1) is 17.8. The highest BCUT2D eigenvalue weighted by atomic mass is 35.5. The molecule has 0 saturated carbocycles. The van der Waals surface area contributed by atoms with Crippen LogP contribution < -0.4 is 14.8 Å². The summed E-state index contributed by atoms with van der Waals surface area (Å²) in [5.41, 5.74) is 3.84. The molecule has 0 spiro atoms. The maximum Gasteiger partial charge on any atom is 0.260 e. The number of methoxy groups -OCH3 is 1. The van der Waals surface area contributed by atoms with Gasteiger partial charge < -0.3 is 29.5 Å². The van der Waals surface area contributed by atoms with Crippen LogP contribution in [-0.4, -0.2) is 34.5 Å². The van der Waals surface area contributed by atoms with Crippen LogP contribution in [-0.2, 0) is 4.79 Å². The Bertz CT molecular complexity index is 1540. The lowest BCUT2D eigenvalue weighted by atomic mass is 9.96. The second kappa shape index (κ2) is 9.55. The van der Waals surface area contributed by atoms with Crippen LogP contribution in [0, 0.1) is 0 Å². The SMILES string of the molecule is COc1cccc(-c2ccc(-c3cc4c(cc3Cl)NC(=O)/C4=C(/O)c3cc(OC(C)C)no3)cc2)c1O. The van der Waals surface area contributed by atoms with Crippen molar-refractivity contribution in [2.24, 2.45) is 0 Å². The van der Waals surface area contributed by atoms with Gasteiger partial charge in [0.1, 0.15) is 0 Å². The Morgan fingerprint density at radius 1 is 1.03 bits per heavy atom. The first kappa shape index (κ1) is 24.3. The number of carbonyl (C=O) groups excluding carboxylic acids is 1. The first-order valence-electron chi connectivity index (χ1n) is 11.5. The van der Waals surface area contributed by atoms with Crippen molar-refractivity contribution in [2.75, 3.05) is 12.4 Å². The quantitative estimate of drug-likeness (QED) is 0.196. The van der Waals surface area contributed by atoms with E-state index in [0.717, 1.165) is 11.1 Å². The average molecular weight is 519 g/mol. The number of aliphatic hydroxyl groups is 1. The van der Waals surface area contributed by atoms with Crippen LogP contribution >= 0.6 is 11.6 Å². The highest BCUT2D eigenvalue weighted by molar-refractivity contribution is 6.38. The number of aliphatic hydroxyl groups excluding tert-OH is 1. The Balaban J connectivity index is 1.53. The lowest BCUT2D eigenvalue weighted by molar-refractivity contribution is -0.110. The van der Waals surface area contributed by atoms with Crippen LogP contribution in [0.15, 0.2) is 65.2 Å². The first-order valence-corrected chi connectivity index (χ1v) is 11.8. The number of amides is 1. The zero-order valence-electron chi connectivity index (χ0n) is 20.2. The van der Waals surface area contributed by atoms with Crippen molar-refractivity contribution >= 4 is 34.5 Å². The van der Waals surface area contributed by atoms with Gasteiger partial charge in [-0.15, -0.1) is 0 Å². The minimum atomic E-state index is -0.493. The van der Waals surface area contributed by atoms with E-state index >= 15 is 0 Å². The molecular weight excluding hydrogens is 496 g/mol. The van der Waals surface area contributed by atoms with Crippen molar-refractivity contribution in [1.29, 1.82) is 0 Å². The molecule has 0 fully saturated rings. The number of anilines is 1. The second-order valence-corrected chi connectivity index (χ2v) is 9.09. The minimum absolute atomic E-state index is 0.00704. The van der Waals surface area contributed by atoms with Crippen LogP contribution in [0.5, 0.6) is 17.4 Å². The molecule has 0 atom stereocenters. The zero-order valence-corrected chi connectivity index (χ0v) is 21.0. The number of aromatic nitrogens is 1. The van der Waals surface area contributed by atoms with Crippen LogP contribution in [0.1, 0.15) is 25.2 Å². The van der Waals surface area contributed by atoms with Gasteiger partial charge >= 0.3 is 0 Å². The number of nitrogens with zero attached hydrogens (tertiary/aromatic N) is 1. The molecule has 3 aromatic carbocycles. The summed E-state index contributed by atoms with van der Waals surface area (Å²) in [6.07, 6.45) is -0.132. The van der Waals surface area contributed by atoms with E-state index in [4.69, 9.17) is 25.6 Å². The van der Waals surface area contributed by atoms with Gasteiger partial charge in [-0.1, -0.05) is 48.0 Å². The predicted octanol–water partition coefficient (Wildman–Crippen LogP) is 6.54. The summed E-state index contributed by atoms with van der Waals surface area (Å²) in [4.78, 5) is 12.8. The van der Waals surface area contributed by atoms with Gasteiger partial charge in [0.15, 0.2) is 17.3 Å². The van der Waals surface area contributed by atoms with Crippen molar-refractivity contribution in [2.45, 2.75) is 20.0 Å². The molecule has 0 unspecified atom stereocenters. The number of fused-ring (bicyclic) bond motifs is 1. The van der Waals surface area contributed by atoms with E-state index in [1.807, 2.05) is 38.1 Å². The van der Waals surface area contributed by atoms with Gasteiger partial charge in [-0.3, -0.25) is 4.79 Å². The fourth-order valence-electron chi connectivity index (χ4n) is 4.19. The molecule has 4 aromatic rings. The number of rotatable bonds is 6. The summed E-state index contributed by atoms with van der Waals surface area (Å²) >= 11 is 6.58. The van der Waals surface area contributed by atoms with Crippen molar-refractivity contribution in [3.05, 3.63) is 77.0 Å². The maximum atomic E-state index is 12.8. The fraction of sp³-hybridized carbons (Fsp3) is 0.143. The molecule has 2 heterocycles. The average Bonchev–Trinajstić information content (AvgIpc) is 3.46. The fourth-order valence-corrected chi connectivity index (χ4v) is 4.46. The van der Waals surface area contributed by atoms with E-state index in [9.17, 15) is 15.0 Å². The van der Waals surface area contributed by atoms with Gasteiger partial charge in [-0.2, -0.15) is 0 Å². The molecule has 8 nitrogen and oxygen atoms in total. The highest BCUT2D eigenvalue weighted by Crippen LogP contribution is 2.43. The van der Waals surface area contributed by atoms with E-state index in [0.29, 0.717) is 33.1 Å². The molecule has 0 aliphatic carbocycles. The van der Waals surface area contributed by atoms with Crippen LogP contribution in [0.2, 0.25) is 5.02 Å². The highest BCUT2D eigenvalue weighted by Gasteiger charge is 2.31. The predicted molar refractivity (Wildman–Crippen MR) is 141 cm³/mol. The summed E-state index contributed by atoms with van der Waals surface area (Å²) < 4.78 is 15.9. The third-order valence-electron chi connectivity index (χ3n) is 5.89. The second-order valence-electron chi connectivity index (χ2n) is 8.69. The number of hydrogen-bond donors (Lipinski definition) is 3. The maximum absolute atomic E-state index is 12.8. The molecule has 1 aromatic heterocycles. The summed E-state index contributed by atoms with van der Waals surface area (Å²) in [5, 5.41) is 28.3. The molecule has 0 radical (unpaired) electrons. The number of benzene rings is 3. The molecule has 1 amide bonds. The molecule has 188 valence electrons. The number of hydrogen-bond acceptors (Lipinski definition) is 7. The Hall–Kier alpha value is -4.43. The standard InChI is InChI=1S/C28H23ClN2O6/c1-14(2)36-24-13-23(37-31-24)27(33)25-19-11-18(20(29)12-21(19)30-28(25)34)16-9-7-15(8-10-16)17-5-4-6-22(35-3)26(17)32/h4-14,32-33H,1-3H3,(H,30,34)/b27-25+. The number of aromatic hydroxyl groups is 1. The van der Waals surface area contributed by atoms with E-state index in [1.165, 1.54) is 13.2 Å².